The van der Waals surface area contributed by atoms with E-state index in [0.717, 1.165) is 6.42 Å². The van der Waals surface area contributed by atoms with Crippen molar-refractivity contribution >= 4 is 0 Å². The molecule has 0 aliphatic heterocycles. The maximum absolute atomic E-state index is 4.78. The first kappa shape index (κ1) is 8.84. The molecule has 0 aliphatic carbocycles. The lowest BCUT2D eigenvalue weighted by molar-refractivity contribution is 0.439. The molecule has 0 rings (SSSR count). The quantitative estimate of drug-likeness (QED) is 0.322. The number of rotatable bonds is 2. The highest BCUT2D eigenvalue weighted by Gasteiger charge is 1.63. The van der Waals surface area contributed by atoms with Crippen LogP contribution in [0.3, 0.4) is 0 Å². The van der Waals surface area contributed by atoms with Crippen LogP contribution < -0.4 is 0 Å². The number of ether oxygens (including phenoxy) is 1. The molecule has 54 valence electrons. The summed E-state index contributed by atoms with van der Waals surface area (Å²) in [6.45, 7) is 3.92. The maximum atomic E-state index is 4.78. The Hall–Kier alpha value is -1.16. The second-order valence-corrected chi connectivity index (χ2v) is 1.60. The van der Waals surface area contributed by atoms with Gasteiger partial charge in [0.1, 0.15) is 12.4 Å². The van der Waals surface area contributed by atoms with Crippen LogP contribution in [0.4, 0.5) is 0 Å². The third-order valence-corrected chi connectivity index (χ3v) is 0.758. The fraction of sp³-hybridized carbons (Fsp3) is 0.333. The van der Waals surface area contributed by atoms with Gasteiger partial charge in [-0.2, -0.15) is 0 Å². The molecule has 0 aliphatic rings. The molecule has 0 spiro atoms. The molecule has 1 nitrogen and oxygen atoms in total. The van der Waals surface area contributed by atoms with Crippen LogP contribution in [0.2, 0.25) is 0 Å². The van der Waals surface area contributed by atoms with E-state index in [9.17, 15) is 0 Å². The Morgan fingerprint density at radius 1 is 1.40 bits per heavy atom. The first-order valence-electron chi connectivity index (χ1n) is 3.33. The number of allylic oxidation sites excluding steroid dienone is 3. The van der Waals surface area contributed by atoms with Gasteiger partial charge in [0.05, 0.1) is 0 Å². The van der Waals surface area contributed by atoms with Crippen LogP contribution >= 0.6 is 0 Å². The lowest BCUT2D eigenvalue weighted by Crippen LogP contribution is -1.64. The molecule has 0 amide bonds. The van der Waals surface area contributed by atoms with E-state index in [1.54, 1.807) is 12.3 Å². The van der Waals surface area contributed by atoms with Crippen LogP contribution in [-0.4, -0.2) is 0 Å². The monoisotopic (exact) mass is 136 g/mol. The molecule has 0 unspecified atom stereocenters. The minimum Gasteiger partial charge on any atom is -0.415 e. The molecule has 0 saturated carbocycles. The smallest absolute Gasteiger partial charge is 0.115 e. The van der Waals surface area contributed by atoms with Crippen LogP contribution in [0.25, 0.3) is 0 Å². The van der Waals surface area contributed by atoms with Crippen molar-refractivity contribution in [3.05, 3.63) is 24.5 Å². The van der Waals surface area contributed by atoms with E-state index in [-0.39, 0.29) is 0 Å². The fourth-order valence-electron chi connectivity index (χ4n) is 0.344. The van der Waals surface area contributed by atoms with Gasteiger partial charge in [-0.25, -0.2) is 0 Å². The molecule has 0 atom stereocenters. The van der Waals surface area contributed by atoms with Crippen molar-refractivity contribution in [3.8, 4) is 12.0 Å². The number of hydrogen-bond donors (Lipinski definition) is 0. The minimum absolute atomic E-state index is 0.831. The van der Waals surface area contributed by atoms with Crippen LogP contribution in [0.5, 0.6) is 0 Å². The Morgan fingerprint density at radius 3 is 2.80 bits per heavy atom. The first-order valence-corrected chi connectivity index (χ1v) is 3.33. The molecular formula is C9H12O. The SMILES string of the molecule is CC=CC=COC#CCC. The van der Waals surface area contributed by atoms with Gasteiger partial charge in [-0.15, -0.1) is 0 Å². The number of hydrogen-bond acceptors (Lipinski definition) is 1. The average Bonchev–Trinajstić information content (AvgIpc) is 1.97. The highest BCUT2D eigenvalue weighted by Crippen LogP contribution is 1.78. The molecule has 0 radical (unpaired) electrons. The van der Waals surface area contributed by atoms with Gasteiger partial charge in [-0.05, 0) is 13.0 Å². The van der Waals surface area contributed by atoms with Gasteiger partial charge in [0.25, 0.3) is 0 Å². The van der Waals surface area contributed by atoms with Crippen LogP contribution in [0, 0.1) is 12.0 Å². The van der Waals surface area contributed by atoms with Crippen molar-refractivity contribution in [2.45, 2.75) is 20.3 Å². The van der Waals surface area contributed by atoms with Crippen molar-refractivity contribution in [3.63, 3.8) is 0 Å². The summed E-state index contributed by atoms with van der Waals surface area (Å²) in [4.78, 5) is 0. The van der Waals surface area contributed by atoms with Crippen LogP contribution in [0.15, 0.2) is 24.5 Å². The molecule has 0 aromatic rings. The molecule has 0 aromatic carbocycles. The van der Waals surface area contributed by atoms with Gasteiger partial charge in [-0.3, -0.25) is 0 Å². The zero-order valence-corrected chi connectivity index (χ0v) is 6.42. The second-order valence-electron chi connectivity index (χ2n) is 1.60. The largest absolute Gasteiger partial charge is 0.415 e. The van der Waals surface area contributed by atoms with Gasteiger partial charge in [-0.1, -0.05) is 25.0 Å². The fourth-order valence-corrected chi connectivity index (χ4v) is 0.344. The van der Waals surface area contributed by atoms with E-state index in [4.69, 9.17) is 4.74 Å². The maximum Gasteiger partial charge on any atom is 0.115 e. The van der Waals surface area contributed by atoms with Crippen molar-refractivity contribution in [1.29, 1.82) is 0 Å². The van der Waals surface area contributed by atoms with Crippen LogP contribution in [0.1, 0.15) is 20.3 Å². The summed E-state index contributed by atoms with van der Waals surface area (Å²) in [5, 5.41) is 0. The molecule has 0 fully saturated rings. The molecule has 0 N–H and O–H groups in total. The summed E-state index contributed by atoms with van der Waals surface area (Å²) in [6.07, 6.45) is 10.5. The first-order chi connectivity index (χ1) is 4.91. The molecule has 1 heteroatoms. The summed E-state index contributed by atoms with van der Waals surface area (Å²) in [5.74, 6) is 2.78. The predicted octanol–water partition coefficient (Wildman–Crippen LogP) is 2.46. The normalized spacial score (nSPS) is 9.80. The zero-order chi connectivity index (χ0) is 7.66. The van der Waals surface area contributed by atoms with E-state index >= 15 is 0 Å². The molecular weight excluding hydrogens is 124 g/mol. The van der Waals surface area contributed by atoms with Crippen molar-refractivity contribution in [1.82, 2.24) is 0 Å². The summed E-state index contributed by atoms with van der Waals surface area (Å²) < 4.78 is 4.78. The standard InChI is InChI=1S/C9H12O/c1-3-5-7-9-10-8-6-4-2/h3,5,7,9H,4H2,1-2H3. The van der Waals surface area contributed by atoms with E-state index < -0.39 is 0 Å². The summed E-state index contributed by atoms with van der Waals surface area (Å²) in [7, 11) is 0. The molecule has 0 saturated heterocycles. The molecule has 10 heavy (non-hydrogen) atoms. The summed E-state index contributed by atoms with van der Waals surface area (Å²) in [6, 6.07) is 0. The lowest BCUT2D eigenvalue weighted by atomic mass is 10.5. The summed E-state index contributed by atoms with van der Waals surface area (Å²) >= 11 is 0. The Morgan fingerprint density at radius 2 is 2.20 bits per heavy atom. The highest BCUT2D eigenvalue weighted by atomic mass is 16.5. The van der Waals surface area contributed by atoms with Crippen molar-refractivity contribution in [2.24, 2.45) is 0 Å². The highest BCUT2D eigenvalue weighted by molar-refractivity contribution is 5.00. The van der Waals surface area contributed by atoms with Gasteiger partial charge in [0, 0.05) is 6.42 Å². The topological polar surface area (TPSA) is 9.23 Å². The van der Waals surface area contributed by atoms with E-state index in [0.29, 0.717) is 0 Å². The van der Waals surface area contributed by atoms with E-state index in [1.807, 2.05) is 26.0 Å². The van der Waals surface area contributed by atoms with Crippen molar-refractivity contribution in [2.75, 3.05) is 0 Å². The Labute approximate surface area is 62.4 Å². The molecule has 0 aromatic heterocycles. The second kappa shape index (κ2) is 7.84. The molecule has 0 bridgehead atoms. The molecule has 0 heterocycles. The summed E-state index contributed by atoms with van der Waals surface area (Å²) in [5.41, 5.74) is 0. The third-order valence-electron chi connectivity index (χ3n) is 0.758. The van der Waals surface area contributed by atoms with Gasteiger partial charge >= 0.3 is 0 Å². The van der Waals surface area contributed by atoms with Gasteiger partial charge in [0.15, 0.2) is 0 Å². The van der Waals surface area contributed by atoms with Gasteiger partial charge in [0.2, 0.25) is 0 Å². The lowest BCUT2D eigenvalue weighted by Gasteiger charge is -1.79. The Bertz CT molecular complexity index is 167. The predicted molar refractivity (Wildman–Crippen MR) is 43.1 cm³/mol. The Balaban J connectivity index is 3.35. The zero-order valence-electron chi connectivity index (χ0n) is 6.42. The van der Waals surface area contributed by atoms with E-state index in [2.05, 4.69) is 12.0 Å². The van der Waals surface area contributed by atoms with Crippen molar-refractivity contribution < 1.29 is 4.74 Å². The van der Waals surface area contributed by atoms with Crippen LogP contribution in [-0.2, 0) is 4.74 Å². The van der Waals surface area contributed by atoms with Gasteiger partial charge < -0.3 is 4.74 Å². The van der Waals surface area contributed by atoms with E-state index in [1.165, 1.54) is 0 Å². The third kappa shape index (κ3) is 6.84. The minimum atomic E-state index is 0.831. The Kier molecular flexibility index (Phi) is 6.93. The average molecular weight is 136 g/mol.